The van der Waals surface area contributed by atoms with Crippen LogP contribution in [0.2, 0.25) is 0 Å². The minimum atomic E-state index is 0.124. The van der Waals surface area contributed by atoms with E-state index in [1.54, 1.807) is 0 Å². The van der Waals surface area contributed by atoms with Crippen molar-refractivity contribution in [2.75, 3.05) is 19.6 Å². The minimum Gasteiger partial charge on any atom is -0.324 e. The van der Waals surface area contributed by atoms with Crippen LogP contribution in [0.3, 0.4) is 0 Å². The molecule has 0 aromatic rings. The van der Waals surface area contributed by atoms with E-state index in [-0.39, 0.29) is 5.54 Å². The molecule has 2 rings (SSSR count). The molecule has 1 heterocycles. The Bertz CT molecular complexity index is 241. The molecule has 0 amide bonds. The van der Waals surface area contributed by atoms with Gasteiger partial charge in [-0.15, -0.1) is 0 Å². The molecule has 0 bridgehead atoms. The van der Waals surface area contributed by atoms with E-state index in [9.17, 15) is 0 Å². The summed E-state index contributed by atoms with van der Waals surface area (Å²) in [5.41, 5.74) is 6.73. The number of hydrogen-bond donors (Lipinski definition) is 1. The summed E-state index contributed by atoms with van der Waals surface area (Å²) in [7, 11) is 0. The van der Waals surface area contributed by atoms with E-state index in [1.165, 1.54) is 58.0 Å². The van der Waals surface area contributed by atoms with E-state index in [0.29, 0.717) is 0 Å². The topological polar surface area (TPSA) is 29.3 Å². The highest BCUT2D eigenvalue weighted by atomic mass is 15.2. The van der Waals surface area contributed by atoms with Crippen molar-refractivity contribution in [3.63, 3.8) is 0 Å². The summed E-state index contributed by atoms with van der Waals surface area (Å²) in [5.74, 6) is 1.78. The van der Waals surface area contributed by atoms with Gasteiger partial charge >= 0.3 is 0 Å². The van der Waals surface area contributed by atoms with Crippen LogP contribution < -0.4 is 5.73 Å². The summed E-state index contributed by atoms with van der Waals surface area (Å²) >= 11 is 0. The molecule has 2 nitrogen and oxygen atoms in total. The van der Waals surface area contributed by atoms with Crippen LogP contribution in [0.5, 0.6) is 0 Å². The Balaban J connectivity index is 1.80. The summed E-state index contributed by atoms with van der Waals surface area (Å²) < 4.78 is 0. The number of likely N-dealkylation sites (tertiary alicyclic amines) is 1. The zero-order valence-corrected chi connectivity index (χ0v) is 11.8. The molecule has 1 saturated heterocycles. The van der Waals surface area contributed by atoms with Crippen molar-refractivity contribution >= 4 is 0 Å². The van der Waals surface area contributed by atoms with Crippen LogP contribution in [0.25, 0.3) is 0 Å². The zero-order valence-electron chi connectivity index (χ0n) is 11.8. The summed E-state index contributed by atoms with van der Waals surface area (Å²) in [4.78, 5) is 2.64. The molecule has 2 fully saturated rings. The standard InChI is InChI=1S/C15H30N2/c1-3-5-14-7-9-17(11-14)12-15(16)8-4-6-13(2)10-15/h13-14H,3-12,16H2,1-2H3. The smallest absolute Gasteiger partial charge is 0.0285 e. The lowest BCUT2D eigenvalue weighted by Crippen LogP contribution is -2.52. The lowest BCUT2D eigenvalue weighted by atomic mass is 9.77. The first-order valence-electron chi connectivity index (χ1n) is 7.62. The molecule has 2 heteroatoms. The van der Waals surface area contributed by atoms with Gasteiger partial charge in [-0.2, -0.15) is 0 Å². The van der Waals surface area contributed by atoms with Crippen molar-refractivity contribution in [1.82, 2.24) is 4.90 Å². The van der Waals surface area contributed by atoms with Gasteiger partial charge in [0.15, 0.2) is 0 Å². The quantitative estimate of drug-likeness (QED) is 0.816. The van der Waals surface area contributed by atoms with E-state index in [0.717, 1.165) is 18.4 Å². The Morgan fingerprint density at radius 3 is 2.88 bits per heavy atom. The van der Waals surface area contributed by atoms with Crippen molar-refractivity contribution in [2.45, 2.75) is 64.3 Å². The molecule has 3 atom stereocenters. The predicted molar refractivity (Wildman–Crippen MR) is 74.0 cm³/mol. The maximum Gasteiger partial charge on any atom is 0.0285 e. The molecule has 3 unspecified atom stereocenters. The molecule has 0 spiro atoms. The molecule has 1 saturated carbocycles. The molecular weight excluding hydrogens is 208 g/mol. The largest absolute Gasteiger partial charge is 0.324 e. The van der Waals surface area contributed by atoms with Crippen molar-refractivity contribution in [1.29, 1.82) is 0 Å². The monoisotopic (exact) mass is 238 g/mol. The average Bonchev–Trinajstić information content (AvgIpc) is 2.64. The molecule has 1 aliphatic carbocycles. The molecule has 1 aliphatic heterocycles. The van der Waals surface area contributed by atoms with Gasteiger partial charge in [-0.25, -0.2) is 0 Å². The molecule has 2 N–H and O–H groups in total. The van der Waals surface area contributed by atoms with Crippen LogP contribution in [-0.2, 0) is 0 Å². The zero-order chi connectivity index (χ0) is 12.3. The first-order valence-corrected chi connectivity index (χ1v) is 7.62. The second-order valence-corrected chi connectivity index (χ2v) is 6.74. The van der Waals surface area contributed by atoms with Crippen LogP contribution >= 0.6 is 0 Å². The molecule has 0 aromatic carbocycles. The van der Waals surface area contributed by atoms with Gasteiger partial charge in [0, 0.05) is 18.6 Å². The number of nitrogens with two attached hydrogens (primary N) is 1. The van der Waals surface area contributed by atoms with Crippen LogP contribution in [0.15, 0.2) is 0 Å². The van der Waals surface area contributed by atoms with Gasteiger partial charge in [0.05, 0.1) is 0 Å². The molecule has 2 aliphatic rings. The fourth-order valence-corrected chi connectivity index (χ4v) is 3.99. The van der Waals surface area contributed by atoms with Crippen molar-refractivity contribution in [3.8, 4) is 0 Å². The molecule has 100 valence electrons. The van der Waals surface area contributed by atoms with Gasteiger partial charge in [0.25, 0.3) is 0 Å². The van der Waals surface area contributed by atoms with E-state index in [2.05, 4.69) is 18.7 Å². The van der Waals surface area contributed by atoms with Gasteiger partial charge in [0.1, 0.15) is 0 Å². The first-order chi connectivity index (χ1) is 8.11. The van der Waals surface area contributed by atoms with Crippen LogP contribution in [-0.4, -0.2) is 30.1 Å². The SMILES string of the molecule is CCCC1CCN(CC2(N)CCCC(C)C2)C1. The molecule has 0 aromatic heterocycles. The Kier molecular flexibility index (Phi) is 4.48. The lowest BCUT2D eigenvalue weighted by molar-refractivity contribution is 0.165. The van der Waals surface area contributed by atoms with Crippen molar-refractivity contribution in [2.24, 2.45) is 17.6 Å². The average molecular weight is 238 g/mol. The van der Waals surface area contributed by atoms with Crippen molar-refractivity contribution in [3.05, 3.63) is 0 Å². The predicted octanol–water partition coefficient (Wildman–Crippen LogP) is 3.02. The summed E-state index contributed by atoms with van der Waals surface area (Å²) in [6, 6.07) is 0. The first kappa shape index (κ1) is 13.4. The van der Waals surface area contributed by atoms with E-state index in [4.69, 9.17) is 5.73 Å². The summed E-state index contributed by atoms with van der Waals surface area (Å²) in [5, 5.41) is 0. The fraction of sp³-hybridized carbons (Fsp3) is 1.00. The Morgan fingerprint density at radius 1 is 1.35 bits per heavy atom. The van der Waals surface area contributed by atoms with Crippen LogP contribution in [0, 0.1) is 11.8 Å². The van der Waals surface area contributed by atoms with Crippen LogP contribution in [0.4, 0.5) is 0 Å². The molecule has 0 radical (unpaired) electrons. The summed E-state index contributed by atoms with van der Waals surface area (Å²) in [6.45, 7) is 8.41. The highest BCUT2D eigenvalue weighted by molar-refractivity contribution is 4.93. The number of rotatable bonds is 4. The van der Waals surface area contributed by atoms with Crippen LogP contribution in [0.1, 0.15) is 58.8 Å². The van der Waals surface area contributed by atoms with Crippen molar-refractivity contribution < 1.29 is 0 Å². The maximum atomic E-state index is 6.61. The molecular formula is C15H30N2. The Labute approximate surface area is 107 Å². The lowest BCUT2D eigenvalue weighted by Gasteiger charge is -2.39. The van der Waals surface area contributed by atoms with Gasteiger partial charge < -0.3 is 10.6 Å². The number of nitrogens with zero attached hydrogens (tertiary/aromatic N) is 1. The second-order valence-electron chi connectivity index (χ2n) is 6.74. The van der Waals surface area contributed by atoms with Gasteiger partial charge in [-0.05, 0) is 44.1 Å². The van der Waals surface area contributed by atoms with E-state index >= 15 is 0 Å². The minimum absolute atomic E-state index is 0.124. The third-order valence-electron chi connectivity index (χ3n) is 4.73. The Morgan fingerprint density at radius 2 is 2.18 bits per heavy atom. The van der Waals surface area contributed by atoms with Gasteiger partial charge in [-0.1, -0.05) is 33.1 Å². The summed E-state index contributed by atoms with van der Waals surface area (Å²) in [6.07, 6.45) is 9.35. The normalized spacial score (nSPS) is 39.7. The Hall–Kier alpha value is -0.0800. The second kappa shape index (κ2) is 5.71. The highest BCUT2D eigenvalue weighted by Crippen LogP contribution is 2.32. The third-order valence-corrected chi connectivity index (χ3v) is 4.73. The number of hydrogen-bond acceptors (Lipinski definition) is 2. The highest BCUT2D eigenvalue weighted by Gasteiger charge is 2.34. The fourth-order valence-electron chi connectivity index (χ4n) is 3.99. The van der Waals surface area contributed by atoms with Gasteiger partial charge in [0.2, 0.25) is 0 Å². The maximum absolute atomic E-state index is 6.61. The van der Waals surface area contributed by atoms with E-state index < -0.39 is 0 Å². The molecule has 17 heavy (non-hydrogen) atoms. The van der Waals surface area contributed by atoms with E-state index in [1.807, 2.05) is 0 Å². The third kappa shape index (κ3) is 3.69. The van der Waals surface area contributed by atoms with Gasteiger partial charge in [-0.3, -0.25) is 0 Å².